The summed E-state index contributed by atoms with van der Waals surface area (Å²) in [7, 11) is 0. The van der Waals surface area contributed by atoms with E-state index in [1.54, 1.807) is 0 Å². The normalized spacial score (nSPS) is 13.3. The smallest absolute Gasteiger partial charge is 0.260 e. The molecular formula is C49H39BN2O2. The third-order valence-electron chi connectivity index (χ3n) is 11.8. The fourth-order valence-electron chi connectivity index (χ4n) is 9.01. The molecule has 2 aliphatic heterocycles. The minimum absolute atomic E-state index is 0.00803. The summed E-state index contributed by atoms with van der Waals surface area (Å²) in [4.78, 5) is 0. The fraction of sp³-hybridized carbons (Fsp3) is 0.143. The van der Waals surface area contributed by atoms with Gasteiger partial charge < -0.3 is 18.6 Å². The van der Waals surface area contributed by atoms with Gasteiger partial charge in [-0.25, -0.2) is 0 Å². The van der Waals surface area contributed by atoms with E-state index in [9.17, 15) is 0 Å². The molecule has 0 unspecified atom stereocenters. The molecule has 2 aliphatic rings. The molecule has 0 aliphatic carbocycles. The number of para-hydroxylation sites is 3. The van der Waals surface area contributed by atoms with Crippen LogP contribution in [0, 0.1) is 0 Å². The molecule has 9 aromatic rings. The lowest BCUT2D eigenvalue weighted by molar-refractivity contribution is 0.462. The summed E-state index contributed by atoms with van der Waals surface area (Å²) in [5.74, 6) is 3.92. The van der Waals surface area contributed by atoms with Gasteiger partial charge in [0, 0.05) is 44.8 Å². The predicted octanol–water partition coefficient (Wildman–Crippen LogP) is 11.0. The zero-order valence-corrected chi connectivity index (χ0v) is 31.1. The Morgan fingerprint density at radius 2 is 1.02 bits per heavy atom. The number of benzene rings is 7. The molecule has 4 nitrogen and oxygen atoms in total. The highest BCUT2D eigenvalue weighted by molar-refractivity contribution is 6.98. The maximum Gasteiger partial charge on any atom is 0.260 e. The molecular weight excluding hydrogens is 659 g/mol. The van der Waals surface area contributed by atoms with Gasteiger partial charge in [0.2, 0.25) is 0 Å². The van der Waals surface area contributed by atoms with E-state index in [0.717, 1.165) is 50.9 Å². The van der Waals surface area contributed by atoms with Crippen molar-refractivity contribution in [1.82, 2.24) is 9.13 Å². The van der Waals surface area contributed by atoms with Crippen LogP contribution in [0.1, 0.15) is 51.7 Å². The maximum absolute atomic E-state index is 6.98. The Kier molecular flexibility index (Phi) is 6.48. The number of rotatable bonds is 3. The molecule has 0 N–H and O–H groups in total. The van der Waals surface area contributed by atoms with Gasteiger partial charge >= 0.3 is 0 Å². The largest absolute Gasteiger partial charge is 0.458 e. The Bertz CT molecular complexity index is 3020. The van der Waals surface area contributed by atoms with E-state index in [1.807, 2.05) is 0 Å². The predicted molar refractivity (Wildman–Crippen MR) is 226 cm³/mol. The Morgan fingerprint density at radius 1 is 0.481 bits per heavy atom. The summed E-state index contributed by atoms with van der Waals surface area (Å²) in [5.41, 5.74) is 12.8. The second kappa shape index (κ2) is 11.2. The summed E-state index contributed by atoms with van der Waals surface area (Å²) < 4.78 is 18.7. The van der Waals surface area contributed by atoms with Crippen molar-refractivity contribution in [3.63, 3.8) is 0 Å². The van der Waals surface area contributed by atoms with Gasteiger partial charge in [0.1, 0.15) is 23.0 Å². The standard InChI is InChI=1S/C49H39BN2O2/c1-29(2)30-19-21-38-44(23-30)53-46-25-33(26-47-48(46)50(38)39-22-20-31(49(3,4)5)24-45(39)54-47)52-41-18-12-10-16-35(41)37-27-42-36(28-43(37)52)34-15-9-11-17-40(34)51(42)32-13-7-6-8-14-32/h6-29H,1-5H3. The first-order valence-electron chi connectivity index (χ1n) is 19.1. The van der Waals surface area contributed by atoms with Crippen molar-refractivity contribution in [2.75, 3.05) is 0 Å². The molecule has 0 saturated carbocycles. The molecule has 11 rings (SSSR count). The first kappa shape index (κ1) is 31.3. The molecule has 260 valence electrons. The van der Waals surface area contributed by atoms with Crippen LogP contribution in [0.3, 0.4) is 0 Å². The highest BCUT2D eigenvalue weighted by Gasteiger charge is 2.41. The summed E-state index contributed by atoms with van der Waals surface area (Å²) in [6.07, 6.45) is 0. The fourth-order valence-corrected chi connectivity index (χ4v) is 9.01. The van der Waals surface area contributed by atoms with Gasteiger partial charge in [-0.3, -0.25) is 0 Å². The number of ether oxygens (including phenoxy) is 2. The van der Waals surface area contributed by atoms with Gasteiger partial charge in [0.25, 0.3) is 6.71 Å². The quantitative estimate of drug-likeness (QED) is 0.172. The molecule has 0 fully saturated rings. The molecule has 0 spiro atoms. The molecule has 2 aromatic heterocycles. The van der Waals surface area contributed by atoms with Crippen LogP contribution in [0.5, 0.6) is 23.0 Å². The topological polar surface area (TPSA) is 28.3 Å². The molecule has 54 heavy (non-hydrogen) atoms. The molecule has 0 bridgehead atoms. The van der Waals surface area contributed by atoms with Crippen LogP contribution in [0.25, 0.3) is 55.0 Å². The van der Waals surface area contributed by atoms with Crippen LogP contribution < -0.4 is 25.9 Å². The number of nitrogens with zero attached hydrogens (tertiary/aromatic N) is 2. The number of fused-ring (bicyclic) bond motifs is 10. The third-order valence-corrected chi connectivity index (χ3v) is 11.8. The minimum atomic E-state index is -0.0106. The van der Waals surface area contributed by atoms with Crippen molar-refractivity contribution >= 4 is 66.7 Å². The lowest BCUT2D eigenvalue weighted by Gasteiger charge is -2.34. The zero-order valence-electron chi connectivity index (χ0n) is 31.1. The Hall–Kier alpha value is -6.20. The van der Waals surface area contributed by atoms with Crippen molar-refractivity contribution in [2.24, 2.45) is 0 Å². The van der Waals surface area contributed by atoms with Crippen molar-refractivity contribution < 1.29 is 9.47 Å². The molecule has 0 amide bonds. The van der Waals surface area contributed by atoms with Gasteiger partial charge in [0.15, 0.2) is 0 Å². The van der Waals surface area contributed by atoms with E-state index in [-0.39, 0.29) is 12.1 Å². The van der Waals surface area contributed by atoms with Gasteiger partial charge in [-0.15, -0.1) is 0 Å². The average molecular weight is 699 g/mol. The Labute approximate surface area is 315 Å². The molecule has 5 heteroatoms. The van der Waals surface area contributed by atoms with Crippen molar-refractivity contribution in [1.29, 1.82) is 0 Å². The van der Waals surface area contributed by atoms with Crippen LogP contribution >= 0.6 is 0 Å². The third kappa shape index (κ3) is 4.45. The molecule has 0 saturated heterocycles. The number of hydrogen-bond acceptors (Lipinski definition) is 2. The zero-order chi connectivity index (χ0) is 36.5. The first-order valence-corrected chi connectivity index (χ1v) is 19.1. The van der Waals surface area contributed by atoms with Gasteiger partial charge in [-0.05, 0) is 81.9 Å². The van der Waals surface area contributed by atoms with Gasteiger partial charge in [-0.1, -0.05) is 113 Å². The van der Waals surface area contributed by atoms with Crippen LogP contribution in [0.2, 0.25) is 0 Å². The molecule has 0 atom stereocenters. The van der Waals surface area contributed by atoms with E-state index in [2.05, 4.69) is 183 Å². The Morgan fingerprint density at radius 3 is 1.61 bits per heavy atom. The summed E-state index contributed by atoms with van der Waals surface area (Å²) in [5, 5.41) is 4.86. The van der Waals surface area contributed by atoms with Crippen molar-refractivity contribution in [3.05, 3.63) is 151 Å². The van der Waals surface area contributed by atoms with E-state index >= 15 is 0 Å². The summed E-state index contributed by atoms with van der Waals surface area (Å²) in [6.45, 7) is 11.3. The number of hydrogen-bond donors (Lipinski definition) is 0. The summed E-state index contributed by atoms with van der Waals surface area (Å²) >= 11 is 0. The van der Waals surface area contributed by atoms with Crippen LogP contribution in [0.15, 0.2) is 140 Å². The Balaban J connectivity index is 1.19. The molecule has 4 heterocycles. The summed E-state index contributed by atoms with van der Waals surface area (Å²) in [6, 6.07) is 51.0. The lowest BCUT2D eigenvalue weighted by atomic mass is 9.34. The lowest BCUT2D eigenvalue weighted by Crippen LogP contribution is -2.57. The monoisotopic (exact) mass is 698 g/mol. The van der Waals surface area contributed by atoms with E-state index in [0.29, 0.717) is 5.92 Å². The minimum Gasteiger partial charge on any atom is -0.458 e. The first-order chi connectivity index (χ1) is 26.2. The maximum atomic E-state index is 6.98. The highest BCUT2D eigenvalue weighted by atomic mass is 16.5. The SMILES string of the molecule is CC(C)c1ccc2c(c1)Oc1cc(-n3c4ccccc4c4cc5c(cc43)c3ccccc3n5-c3ccccc3)cc3c1B2c1ccc(C(C)(C)C)cc1O3. The second-order valence-electron chi connectivity index (χ2n) is 16.4. The van der Waals surface area contributed by atoms with Crippen LogP contribution in [-0.2, 0) is 5.41 Å². The van der Waals surface area contributed by atoms with Crippen molar-refractivity contribution in [2.45, 2.75) is 46.0 Å². The molecule has 7 aromatic carbocycles. The highest BCUT2D eigenvalue weighted by Crippen LogP contribution is 2.43. The van der Waals surface area contributed by atoms with Crippen molar-refractivity contribution in [3.8, 4) is 34.4 Å². The molecule has 0 radical (unpaired) electrons. The van der Waals surface area contributed by atoms with Crippen LogP contribution in [0.4, 0.5) is 0 Å². The average Bonchev–Trinajstić information content (AvgIpc) is 3.68. The second-order valence-corrected chi connectivity index (χ2v) is 16.4. The number of aromatic nitrogens is 2. The van der Waals surface area contributed by atoms with Gasteiger partial charge in [0.05, 0.1) is 27.8 Å². The van der Waals surface area contributed by atoms with E-state index < -0.39 is 0 Å². The van der Waals surface area contributed by atoms with E-state index in [4.69, 9.17) is 9.47 Å². The van der Waals surface area contributed by atoms with E-state index in [1.165, 1.54) is 54.6 Å². The van der Waals surface area contributed by atoms with Crippen LogP contribution in [-0.4, -0.2) is 15.8 Å². The van der Waals surface area contributed by atoms with Gasteiger partial charge in [-0.2, -0.15) is 0 Å².